The number of nitrogens with zero attached hydrogens (tertiary/aromatic N) is 1. The molecule has 0 radical (unpaired) electrons. The van der Waals surface area contributed by atoms with E-state index in [0.29, 0.717) is 5.88 Å². The Labute approximate surface area is 80.0 Å². The number of rotatable bonds is 5. The topological polar surface area (TPSA) is 24.4 Å². The maximum atomic E-state index is 5.42. The number of hydrogen-bond donors (Lipinski definition) is 1. The molecule has 0 aromatic heterocycles. The summed E-state index contributed by atoms with van der Waals surface area (Å²) in [6.07, 6.45) is 3.31. The van der Waals surface area contributed by atoms with E-state index in [1.54, 1.807) is 12.3 Å². The van der Waals surface area contributed by atoms with Gasteiger partial charge in [0.25, 0.3) is 0 Å². The lowest BCUT2D eigenvalue weighted by Gasteiger charge is -2.00. The molecule has 0 aromatic rings. The first-order chi connectivity index (χ1) is 5.81. The van der Waals surface area contributed by atoms with Crippen LogP contribution in [0.4, 0.5) is 0 Å². The third kappa shape index (κ3) is 12.0. The van der Waals surface area contributed by atoms with Crippen molar-refractivity contribution >= 4 is 18.3 Å². The van der Waals surface area contributed by atoms with Crippen molar-refractivity contribution in [3.8, 4) is 0 Å². The minimum Gasteiger partial charge on any atom is -0.384 e. The second-order valence-corrected chi connectivity index (χ2v) is 2.02. The standard InChI is InChI=1S/C7H11ClN2.C2H6/c1-7(3-5-9-2)10-6-4-8;1-2/h3,5,10H,1-2,4,6H2;1-2H3/b5-3-;. The summed E-state index contributed by atoms with van der Waals surface area (Å²) < 4.78 is 0. The molecule has 0 heterocycles. The van der Waals surface area contributed by atoms with Crippen molar-refractivity contribution in [2.45, 2.75) is 13.8 Å². The maximum absolute atomic E-state index is 5.42. The van der Waals surface area contributed by atoms with Crippen LogP contribution in [0.5, 0.6) is 0 Å². The van der Waals surface area contributed by atoms with E-state index in [-0.39, 0.29) is 0 Å². The maximum Gasteiger partial charge on any atom is 0.0396 e. The molecular formula is C9H17ClN2. The molecule has 0 aliphatic carbocycles. The lowest BCUT2D eigenvalue weighted by atomic mass is 10.4. The Balaban J connectivity index is 0. The van der Waals surface area contributed by atoms with Crippen LogP contribution in [0.25, 0.3) is 0 Å². The van der Waals surface area contributed by atoms with Crippen molar-refractivity contribution in [2.24, 2.45) is 4.99 Å². The van der Waals surface area contributed by atoms with Crippen LogP contribution in [0.1, 0.15) is 13.8 Å². The van der Waals surface area contributed by atoms with E-state index in [4.69, 9.17) is 11.6 Å². The van der Waals surface area contributed by atoms with Crippen LogP contribution in [0.15, 0.2) is 29.5 Å². The smallest absolute Gasteiger partial charge is 0.0396 e. The van der Waals surface area contributed by atoms with E-state index >= 15 is 0 Å². The van der Waals surface area contributed by atoms with Gasteiger partial charge in [-0.2, -0.15) is 0 Å². The predicted octanol–water partition coefficient (Wildman–Crippen LogP) is 2.57. The number of alkyl halides is 1. The monoisotopic (exact) mass is 188 g/mol. The second-order valence-electron chi connectivity index (χ2n) is 1.64. The zero-order valence-electron chi connectivity index (χ0n) is 7.81. The van der Waals surface area contributed by atoms with E-state index in [1.807, 2.05) is 13.8 Å². The molecule has 12 heavy (non-hydrogen) atoms. The molecule has 0 aromatic carbocycles. The zero-order chi connectivity index (χ0) is 9.82. The number of aliphatic imine (C=N–C) groups is 1. The molecular weight excluding hydrogens is 172 g/mol. The van der Waals surface area contributed by atoms with Gasteiger partial charge in [-0.3, -0.25) is 4.99 Å². The summed E-state index contributed by atoms with van der Waals surface area (Å²) >= 11 is 5.42. The van der Waals surface area contributed by atoms with Crippen LogP contribution in [0.3, 0.4) is 0 Å². The molecule has 0 bridgehead atoms. The fraction of sp³-hybridized carbons (Fsp3) is 0.444. The molecule has 0 aliphatic rings. The van der Waals surface area contributed by atoms with Gasteiger partial charge in [0.1, 0.15) is 0 Å². The Morgan fingerprint density at radius 2 is 2.17 bits per heavy atom. The van der Waals surface area contributed by atoms with Crippen LogP contribution in [0, 0.1) is 0 Å². The van der Waals surface area contributed by atoms with Gasteiger partial charge in [0, 0.05) is 24.3 Å². The van der Waals surface area contributed by atoms with Gasteiger partial charge in [0.05, 0.1) is 0 Å². The van der Waals surface area contributed by atoms with E-state index in [0.717, 1.165) is 12.2 Å². The van der Waals surface area contributed by atoms with Crippen LogP contribution in [-0.2, 0) is 0 Å². The molecule has 1 N–H and O–H groups in total. The van der Waals surface area contributed by atoms with E-state index in [2.05, 4.69) is 23.6 Å². The quantitative estimate of drug-likeness (QED) is 0.400. The number of allylic oxidation sites excluding steroid dienone is 1. The summed E-state index contributed by atoms with van der Waals surface area (Å²) in [7, 11) is 0. The third-order valence-electron chi connectivity index (χ3n) is 0.828. The highest BCUT2D eigenvalue weighted by molar-refractivity contribution is 6.18. The molecule has 0 spiro atoms. The largest absolute Gasteiger partial charge is 0.384 e. The minimum atomic E-state index is 0.578. The highest BCUT2D eigenvalue weighted by Gasteiger charge is 1.82. The summed E-state index contributed by atoms with van der Waals surface area (Å²) in [5, 5.41) is 2.97. The summed E-state index contributed by atoms with van der Waals surface area (Å²) in [5.74, 6) is 0.578. The lowest BCUT2D eigenvalue weighted by Crippen LogP contribution is -2.13. The van der Waals surface area contributed by atoms with Crippen molar-refractivity contribution in [3.05, 3.63) is 24.6 Å². The first-order valence-electron chi connectivity index (χ1n) is 3.92. The molecule has 0 rings (SSSR count). The lowest BCUT2D eigenvalue weighted by molar-refractivity contribution is 0.887. The Hall–Kier alpha value is -0.760. The fourth-order valence-electron chi connectivity index (χ4n) is 0.409. The van der Waals surface area contributed by atoms with Crippen LogP contribution in [0.2, 0.25) is 0 Å². The molecule has 0 amide bonds. The zero-order valence-corrected chi connectivity index (χ0v) is 8.56. The number of nitrogens with one attached hydrogen (secondary N) is 1. The fourth-order valence-corrected chi connectivity index (χ4v) is 0.504. The van der Waals surface area contributed by atoms with Crippen molar-refractivity contribution < 1.29 is 0 Å². The van der Waals surface area contributed by atoms with Crippen molar-refractivity contribution in [1.29, 1.82) is 0 Å². The van der Waals surface area contributed by atoms with Gasteiger partial charge in [-0.05, 0) is 12.8 Å². The second kappa shape index (κ2) is 12.9. The molecule has 0 saturated carbocycles. The number of halogens is 1. The van der Waals surface area contributed by atoms with Crippen LogP contribution >= 0.6 is 11.6 Å². The summed E-state index contributed by atoms with van der Waals surface area (Å²) in [6.45, 7) is 11.7. The van der Waals surface area contributed by atoms with Gasteiger partial charge in [-0.1, -0.05) is 20.4 Å². The van der Waals surface area contributed by atoms with Crippen molar-refractivity contribution in [2.75, 3.05) is 12.4 Å². The molecule has 0 atom stereocenters. The molecule has 2 nitrogen and oxygen atoms in total. The molecule has 0 saturated heterocycles. The van der Waals surface area contributed by atoms with Crippen LogP contribution < -0.4 is 5.32 Å². The molecule has 0 aliphatic heterocycles. The van der Waals surface area contributed by atoms with E-state index < -0.39 is 0 Å². The van der Waals surface area contributed by atoms with Gasteiger partial charge >= 0.3 is 0 Å². The number of hydrogen-bond acceptors (Lipinski definition) is 2. The molecule has 0 unspecified atom stereocenters. The van der Waals surface area contributed by atoms with Crippen LogP contribution in [-0.4, -0.2) is 19.1 Å². The Morgan fingerprint density at radius 1 is 1.58 bits per heavy atom. The Morgan fingerprint density at radius 3 is 2.58 bits per heavy atom. The Bertz CT molecular complexity index is 141. The van der Waals surface area contributed by atoms with E-state index in [1.165, 1.54) is 0 Å². The predicted molar refractivity (Wildman–Crippen MR) is 57.9 cm³/mol. The first-order valence-corrected chi connectivity index (χ1v) is 4.46. The summed E-state index contributed by atoms with van der Waals surface area (Å²) in [4.78, 5) is 3.52. The normalized spacial score (nSPS) is 8.58. The van der Waals surface area contributed by atoms with Crippen molar-refractivity contribution in [1.82, 2.24) is 5.32 Å². The molecule has 3 heteroatoms. The SMILES string of the molecule is C=N/C=C\C(=C)NCCCl.CC. The average molecular weight is 189 g/mol. The van der Waals surface area contributed by atoms with Gasteiger partial charge in [-0.15, -0.1) is 11.6 Å². The van der Waals surface area contributed by atoms with Gasteiger partial charge < -0.3 is 5.32 Å². The van der Waals surface area contributed by atoms with Gasteiger partial charge in [0.15, 0.2) is 0 Å². The summed E-state index contributed by atoms with van der Waals surface area (Å²) in [5.41, 5.74) is 0.799. The van der Waals surface area contributed by atoms with Gasteiger partial charge in [-0.25, -0.2) is 0 Å². The van der Waals surface area contributed by atoms with E-state index in [9.17, 15) is 0 Å². The highest BCUT2D eigenvalue weighted by atomic mass is 35.5. The molecule has 0 fully saturated rings. The average Bonchev–Trinajstić information content (AvgIpc) is 2.14. The third-order valence-corrected chi connectivity index (χ3v) is 1.02. The Kier molecular flexibility index (Phi) is 14.8. The molecule has 70 valence electrons. The van der Waals surface area contributed by atoms with Crippen molar-refractivity contribution in [3.63, 3.8) is 0 Å². The minimum absolute atomic E-state index is 0.578. The first kappa shape index (κ1) is 13.8. The summed E-state index contributed by atoms with van der Waals surface area (Å²) in [6, 6.07) is 0. The highest BCUT2D eigenvalue weighted by Crippen LogP contribution is 1.86. The van der Waals surface area contributed by atoms with Gasteiger partial charge in [0.2, 0.25) is 0 Å².